The minimum atomic E-state index is -0.119. The molecule has 0 radical (unpaired) electrons. The number of rotatable bonds is 5. The van der Waals surface area contributed by atoms with Crippen LogP contribution in [0.1, 0.15) is 125 Å². The summed E-state index contributed by atoms with van der Waals surface area (Å²) >= 11 is 0. The molecule has 208 valence electrons. The van der Waals surface area contributed by atoms with Crippen molar-refractivity contribution in [3.8, 4) is 0 Å². The molecule has 0 aromatic carbocycles. The van der Waals surface area contributed by atoms with Gasteiger partial charge >= 0.3 is 5.97 Å². The fourth-order valence-corrected chi connectivity index (χ4v) is 11.7. The Labute approximate surface area is 226 Å². The number of allylic oxidation sites excluding steroid dienone is 1. The van der Waals surface area contributed by atoms with Crippen molar-refractivity contribution >= 4 is 5.97 Å². The Kier molecular flexibility index (Phi) is 6.30. The second-order valence-electron chi connectivity index (χ2n) is 16.0. The van der Waals surface area contributed by atoms with Gasteiger partial charge in [0.2, 0.25) is 0 Å². The van der Waals surface area contributed by atoms with Crippen molar-refractivity contribution in [2.75, 3.05) is 0 Å². The molecule has 5 saturated carbocycles. The topological polar surface area (TPSA) is 46.5 Å². The summed E-state index contributed by atoms with van der Waals surface area (Å²) in [6.45, 7) is 14.7. The number of esters is 1. The first kappa shape index (κ1) is 26.4. The molecule has 0 saturated heterocycles. The molecule has 0 aromatic heterocycles. The average Bonchev–Trinajstić information content (AvgIpc) is 3.38. The molecular weight excluding hydrogens is 456 g/mol. The van der Waals surface area contributed by atoms with E-state index < -0.39 is 0 Å². The van der Waals surface area contributed by atoms with Gasteiger partial charge in [0.1, 0.15) is 6.10 Å². The summed E-state index contributed by atoms with van der Waals surface area (Å²) in [5.74, 6) is 4.52. The van der Waals surface area contributed by atoms with Crippen LogP contribution in [0, 0.1) is 57.2 Å². The first-order valence-corrected chi connectivity index (χ1v) is 16.0. The zero-order valence-electron chi connectivity index (χ0n) is 24.7. The third-order valence-corrected chi connectivity index (χ3v) is 14.6. The predicted molar refractivity (Wildman–Crippen MR) is 149 cm³/mol. The summed E-state index contributed by atoms with van der Waals surface area (Å²) in [5.41, 5.74) is 2.77. The number of hydrogen-bond acceptors (Lipinski definition) is 3. The third kappa shape index (κ3) is 3.78. The number of hydrogen-bond donors (Lipinski definition) is 1. The molecule has 11 atom stereocenters. The Bertz CT molecular complexity index is 951. The van der Waals surface area contributed by atoms with E-state index >= 15 is 0 Å². The Morgan fingerprint density at radius 2 is 1.81 bits per heavy atom. The lowest BCUT2D eigenvalue weighted by Crippen LogP contribution is -2.50. The number of carbonyl (C=O) groups is 1. The molecule has 0 aromatic rings. The lowest BCUT2D eigenvalue weighted by Gasteiger charge is -2.58. The highest BCUT2D eigenvalue weighted by atomic mass is 16.5. The highest BCUT2D eigenvalue weighted by Gasteiger charge is 2.63. The number of aliphatic hydroxyl groups excluding tert-OH is 1. The summed E-state index contributed by atoms with van der Waals surface area (Å²) in [6, 6.07) is 0. The molecule has 1 N–H and O–H groups in total. The minimum Gasteiger partial charge on any atom is -0.462 e. The van der Waals surface area contributed by atoms with Crippen molar-refractivity contribution in [2.45, 2.75) is 137 Å². The van der Waals surface area contributed by atoms with Gasteiger partial charge in [0.05, 0.1) is 6.10 Å². The van der Waals surface area contributed by atoms with Gasteiger partial charge in [-0.25, -0.2) is 0 Å². The minimum absolute atomic E-state index is 0.0576. The van der Waals surface area contributed by atoms with Crippen molar-refractivity contribution < 1.29 is 14.6 Å². The summed E-state index contributed by atoms with van der Waals surface area (Å²) in [4.78, 5) is 13.0. The lowest BCUT2D eigenvalue weighted by atomic mass is 9.47. The van der Waals surface area contributed by atoms with Gasteiger partial charge in [-0.2, -0.15) is 0 Å². The molecule has 2 unspecified atom stereocenters. The fraction of sp³-hybridized carbons (Fsp3) is 0.912. The maximum absolute atomic E-state index is 13.0. The van der Waals surface area contributed by atoms with Crippen LogP contribution in [0.15, 0.2) is 11.6 Å². The number of carbonyl (C=O) groups excluding carboxylic acids is 1. The van der Waals surface area contributed by atoms with Crippen LogP contribution in [-0.2, 0) is 9.53 Å². The number of fused-ring (bicyclic) bond motifs is 7. The zero-order chi connectivity index (χ0) is 26.4. The van der Waals surface area contributed by atoms with Gasteiger partial charge in [-0.1, -0.05) is 53.2 Å². The normalized spacial score (nSPS) is 50.6. The first-order valence-electron chi connectivity index (χ1n) is 16.0. The van der Waals surface area contributed by atoms with Gasteiger partial charge in [-0.05, 0) is 129 Å². The molecule has 0 heterocycles. The van der Waals surface area contributed by atoms with Crippen molar-refractivity contribution in [3.05, 3.63) is 11.6 Å². The first-order chi connectivity index (χ1) is 17.4. The van der Waals surface area contributed by atoms with E-state index in [1.165, 1.54) is 51.4 Å². The van der Waals surface area contributed by atoms with Crippen molar-refractivity contribution in [2.24, 2.45) is 57.2 Å². The number of ether oxygens (including phenoxy) is 1. The standard InChI is InChI=1S/C34H54O3/c1-21(7-12-30(36)37-29-20-22-13-18-34(29,6)31(22,2)3)26-10-11-27-25-9-8-23-19-24(35)14-16-32(23,4)28(25)15-17-33(26,27)5/h8,21-22,24-29,35H,7,9-20H2,1-6H3/t21-,22?,24+,25+,26-,27+,28+,29-,32+,33-,34?/m1/s1. The Balaban J connectivity index is 1.08. The molecule has 0 spiro atoms. The summed E-state index contributed by atoms with van der Waals surface area (Å²) in [6.07, 6.45) is 17.4. The molecule has 6 aliphatic carbocycles. The second kappa shape index (κ2) is 8.84. The molecule has 5 fully saturated rings. The fourth-order valence-electron chi connectivity index (χ4n) is 11.7. The molecule has 0 aliphatic heterocycles. The van der Waals surface area contributed by atoms with Gasteiger partial charge < -0.3 is 9.84 Å². The summed E-state index contributed by atoms with van der Waals surface area (Å²) in [5, 5.41) is 10.3. The largest absolute Gasteiger partial charge is 0.462 e. The monoisotopic (exact) mass is 510 g/mol. The Morgan fingerprint density at radius 3 is 2.51 bits per heavy atom. The van der Waals surface area contributed by atoms with Gasteiger partial charge in [0.25, 0.3) is 0 Å². The highest BCUT2D eigenvalue weighted by molar-refractivity contribution is 5.69. The van der Waals surface area contributed by atoms with Crippen molar-refractivity contribution in [3.63, 3.8) is 0 Å². The SMILES string of the molecule is C[C@H](CCC(=O)O[C@@H]1CC2CCC1(C)C2(C)C)[C@H]1CC[C@H]2[C@@H]3CC=C4C[C@@H](O)CC[C@]4(C)[C@H]3CC[C@]12C. The lowest BCUT2D eigenvalue weighted by molar-refractivity contribution is -0.157. The van der Waals surface area contributed by atoms with Crippen LogP contribution in [0.5, 0.6) is 0 Å². The van der Waals surface area contributed by atoms with Crippen LogP contribution in [0.2, 0.25) is 0 Å². The molecule has 3 heteroatoms. The molecule has 0 amide bonds. The molecule has 2 bridgehead atoms. The summed E-state index contributed by atoms with van der Waals surface area (Å²) in [7, 11) is 0. The third-order valence-electron chi connectivity index (χ3n) is 14.6. The summed E-state index contributed by atoms with van der Waals surface area (Å²) < 4.78 is 6.21. The van der Waals surface area contributed by atoms with Gasteiger partial charge in [0, 0.05) is 11.8 Å². The quantitative estimate of drug-likeness (QED) is 0.300. The molecule has 3 nitrogen and oxygen atoms in total. The molecule has 6 aliphatic rings. The average molecular weight is 511 g/mol. The van der Waals surface area contributed by atoms with Crippen LogP contribution in [0.3, 0.4) is 0 Å². The van der Waals surface area contributed by atoms with E-state index in [9.17, 15) is 9.90 Å². The van der Waals surface area contributed by atoms with E-state index in [4.69, 9.17) is 4.74 Å². The Morgan fingerprint density at radius 1 is 1.03 bits per heavy atom. The van der Waals surface area contributed by atoms with Crippen molar-refractivity contribution in [1.29, 1.82) is 0 Å². The van der Waals surface area contributed by atoms with Crippen LogP contribution in [-0.4, -0.2) is 23.3 Å². The van der Waals surface area contributed by atoms with E-state index in [1.54, 1.807) is 5.57 Å². The highest BCUT2D eigenvalue weighted by Crippen LogP contribution is 2.68. The maximum Gasteiger partial charge on any atom is 0.306 e. The molecule has 6 rings (SSSR count). The van der Waals surface area contributed by atoms with Crippen LogP contribution < -0.4 is 0 Å². The van der Waals surface area contributed by atoms with Crippen LogP contribution in [0.25, 0.3) is 0 Å². The van der Waals surface area contributed by atoms with Crippen LogP contribution >= 0.6 is 0 Å². The van der Waals surface area contributed by atoms with Gasteiger partial charge in [-0.3, -0.25) is 4.79 Å². The predicted octanol–water partition coefficient (Wildman–Crippen LogP) is 8.10. The smallest absolute Gasteiger partial charge is 0.306 e. The van der Waals surface area contributed by atoms with Gasteiger partial charge in [-0.15, -0.1) is 0 Å². The van der Waals surface area contributed by atoms with E-state index in [-0.39, 0.29) is 23.6 Å². The molecular formula is C34H54O3. The van der Waals surface area contributed by atoms with E-state index in [1.807, 2.05) is 0 Å². The van der Waals surface area contributed by atoms with E-state index in [2.05, 4.69) is 47.6 Å². The maximum atomic E-state index is 13.0. The zero-order valence-corrected chi connectivity index (χ0v) is 24.7. The Hall–Kier alpha value is -0.830. The van der Waals surface area contributed by atoms with Crippen LogP contribution in [0.4, 0.5) is 0 Å². The van der Waals surface area contributed by atoms with Crippen molar-refractivity contribution in [1.82, 2.24) is 0 Å². The second-order valence-corrected chi connectivity index (χ2v) is 16.0. The number of aliphatic hydroxyl groups is 1. The molecule has 37 heavy (non-hydrogen) atoms. The van der Waals surface area contributed by atoms with E-state index in [0.29, 0.717) is 34.5 Å². The van der Waals surface area contributed by atoms with E-state index in [0.717, 1.165) is 49.4 Å². The van der Waals surface area contributed by atoms with Gasteiger partial charge in [0.15, 0.2) is 0 Å².